The summed E-state index contributed by atoms with van der Waals surface area (Å²) in [4.78, 5) is 27.7. The molecular formula is C17H14BrClN2O3. The Hall–Kier alpha value is -2.18. The van der Waals surface area contributed by atoms with E-state index in [9.17, 15) is 9.59 Å². The fraction of sp³-hybridized carbons (Fsp3) is 0.118. The molecule has 0 fully saturated rings. The zero-order valence-corrected chi connectivity index (χ0v) is 15.0. The molecule has 24 heavy (non-hydrogen) atoms. The fourth-order valence-electron chi connectivity index (χ4n) is 1.71. The van der Waals surface area contributed by atoms with Gasteiger partial charge >= 0.3 is 5.97 Å². The van der Waals surface area contributed by atoms with E-state index >= 15 is 0 Å². The highest BCUT2D eigenvalue weighted by atomic mass is 79.9. The molecule has 1 N–H and O–H groups in total. The van der Waals surface area contributed by atoms with E-state index in [1.165, 1.54) is 19.2 Å². The molecule has 1 heterocycles. The first-order valence-electron chi connectivity index (χ1n) is 7.01. The van der Waals surface area contributed by atoms with Gasteiger partial charge in [-0.1, -0.05) is 45.7 Å². The van der Waals surface area contributed by atoms with Gasteiger partial charge in [0.2, 0.25) is 0 Å². The largest absolute Gasteiger partial charge is 0.449 e. The number of carbonyl (C=O) groups is 2. The number of hydrogen-bond acceptors (Lipinski definition) is 4. The second-order valence-corrected chi connectivity index (χ2v) is 6.08. The Morgan fingerprint density at radius 2 is 2.04 bits per heavy atom. The third kappa shape index (κ3) is 5.47. The number of amides is 1. The first-order chi connectivity index (χ1) is 11.5. The summed E-state index contributed by atoms with van der Waals surface area (Å²) in [5, 5.41) is 3.00. The molecule has 0 aliphatic rings. The van der Waals surface area contributed by atoms with Crippen LogP contribution < -0.4 is 5.32 Å². The maximum atomic E-state index is 12.0. The zero-order valence-electron chi connectivity index (χ0n) is 12.7. The lowest BCUT2D eigenvalue weighted by Gasteiger charge is -2.11. The minimum absolute atomic E-state index is 0.330. The van der Waals surface area contributed by atoms with Crippen LogP contribution in [0.5, 0.6) is 0 Å². The topological polar surface area (TPSA) is 68.3 Å². The molecule has 2 rings (SSSR count). The van der Waals surface area contributed by atoms with Gasteiger partial charge in [-0.15, -0.1) is 0 Å². The molecule has 2 aromatic rings. The van der Waals surface area contributed by atoms with Gasteiger partial charge in [0.1, 0.15) is 5.82 Å². The highest BCUT2D eigenvalue weighted by molar-refractivity contribution is 9.10. The number of carbonyl (C=O) groups excluding carboxylic acids is 2. The van der Waals surface area contributed by atoms with Crippen molar-refractivity contribution in [3.63, 3.8) is 0 Å². The molecule has 0 spiro atoms. The molecule has 124 valence electrons. The zero-order chi connectivity index (χ0) is 17.5. The molecule has 5 nitrogen and oxygen atoms in total. The van der Waals surface area contributed by atoms with Gasteiger partial charge in [0.15, 0.2) is 6.10 Å². The maximum Gasteiger partial charge on any atom is 0.331 e. The monoisotopic (exact) mass is 408 g/mol. The van der Waals surface area contributed by atoms with E-state index < -0.39 is 18.0 Å². The van der Waals surface area contributed by atoms with Crippen LogP contribution >= 0.6 is 27.5 Å². The molecule has 0 unspecified atom stereocenters. The summed E-state index contributed by atoms with van der Waals surface area (Å²) in [6.45, 7) is 1.48. The van der Waals surface area contributed by atoms with E-state index in [2.05, 4.69) is 26.2 Å². The average molecular weight is 410 g/mol. The van der Waals surface area contributed by atoms with Crippen molar-refractivity contribution in [3.8, 4) is 0 Å². The van der Waals surface area contributed by atoms with Gasteiger partial charge in [0.25, 0.3) is 5.91 Å². The van der Waals surface area contributed by atoms with Crippen molar-refractivity contribution in [1.29, 1.82) is 0 Å². The third-order valence-corrected chi connectivity index (χ3v) is 3.89. The summed E-state index contributed by atoms with van der Waals surface area (Å²) >= 11 is 9.10. The molecule has 0 bridgehead atoms. The van der Waals surface area contributed by atoms with Crippen LogP contribution in [0, 0.1) is 0 Å². The molecular weight excluding hydrogens is 396 g/mol. The van der Waals surface area contributed by atoms with Crippen LogP contribution in [0.25, 0.3) is 6.08 Å². The lowest BCUT2D eigenvalue weighted by molar-refractivity contribution is -0.148. The third-order valence-electron chi connectivity index (χ3n) is 2.95. The normalized spacial score (nSPS) is 12.0. The molecule has 1 aromatic carbocycles. The fourth-order valence-corrected chi connectivity index (χ4v) is 2.24. The van der Waals surface area contributed by atoms with Crippen molar-refractivity contribution in [2.24, 2.45) is 0 Å². The van der Waals surface area contributed by atoms with E-state index in [-0.39, 0.29) is 0 Å². The molecule has 0 aliphatic carbocycles. The summed E-state index contributed by atoms with van der Waals surface area (Å²) in [6, 6.07) is 10.6. The van der Waals surface area contributed by atoms with Gasteiger partial charge in [-0.05, 0) is 36.8 Å². The van der Waals surface area contributed by atoms with Crippen LogP contribution in [0.3, 0.4) is 0 Å². The molecule has 0 radical (unpaired) electrons. The molecule has 1 aromatic heterocycles. The quantitative estimate of drug-likeness (QED) is 0.597. The van der Waals surface area contributed by atoms with Crippen molar-refractivity contribution in [1.82, 2.24) is 4.98 Å². The van der Waals surface area contributed by atoms with Gasteiger partial charge in [-0.2, -0.15) is 0 Å². The predicted octanol–water partition coefficient (Wildman–Crippen LogP) is 4.08. The number of benzene rings is 1. The Kier molecular flexibility index (Phi) is 6.52. The van der Waals surface area contributed by atoms with Crippen LogP contribution in [0.15, 0.2) is 53.1 Å². The van der Waals surface area contributed by atoms with Gasteiger partial charge in [0.05, 0.1) is 5.02 Å². The summed E-state index contributed by atoms with van der Waals surface area (Å²) in [5.74, 6) is -0.763. The van der Waals surface area contributed by atoms with Gasteiger partial charge in [-0.3, -0.25) is 4.79 Å². The van der Waals surface area contributed by atoms with Crippen LogP contribution in [-0.4, -0.2) is 23.0 Å². The van der Waals surface area contributed by atoms with Crippen LogP contribution in [0.2, 0.25) is 5.02 Å². The Labute approximate surface area is 152 Å². The van der Waals surface area contributed by atoms with Gasteiger partial charge in [0, 0.05) is 16.7 Å². The minimum Gasteiger partial charge on any atom is -0.449 e. The SMILES string of the molecule is C[C@H](OC(=O)/C=C/c1ccccc1Br)C(=O)Nc1ccc(Cl)cn1. The molecule has 1 amide bonds. The number of rotatable bonds is 5. The predicted molar refractivity (Wildman–Crippen MR) is 96.6 cm³/mol. The Balaban J connectivity index is 1.90. The van der Waals surface area contributed by atoms with Crippen molar-refractivity contribution in [2.45, 2.75) is 13.0 Å². The highest BCUT2D eigenvalue weighted by Gasteiger charge is 2.17. The number of esters is 1. The van der Waals surface area contributed by atoms with E-state index in [4.69, 9.17) is 16.3 Å². The number of ether oxygens (including phenoxy) is 1. The number of aromatic nitrogens is 1. The lowest BCUT2D eigenvalue weighted by Crippen LogP contribution is -2.29. The summed E-state index contributed by atoms with van der Waals surface area (Å²) in [5.41, 5.74) is 0.830. The number of halogens is 2. The van der Waals surface area contributed by atoms with Crippen LogP contribution in [-0.2, 0) is 14.3 Å². The summed E-state index contributed by atoms with van der Waals surface area (Å²) < 4.78 is 5.92. The number of anilines is 1. The van der Waals surface area contributed by atoms with Crippen LogP contribution in [0.4, 0.5) is 5.82 Å². The van der Waals surface area contributed by atoms with Crippen LogP contribution in [0.1, 0.15) is 12.5 Å². The van der Waals surface area contributed by atoms with E-state index in [1.54, 1.807) is 18.2 Å². The molecule has 0 aliphatic heterocycles. The average Bonchev–Trinajstić information content (AvgIpc) is 2.56. The number of pyridine rings is 1. The first-order valence-corrected chi connectivity index (χ1v) is 8.18. The summed E-state index contributed by atoms with van der Waals surface area (Å²) in [6.07, 6.45) is 3.33. The summed E-state index contributed by atoms with van der Waals surface area (Å²) in [7, 11) is 0. The lowest BCUT2D eigenvalue weighted by atomic mass is 10.2. The minimum atomic E-state index is -0.959. The highest BCUT2D eigenvalue weighted by Crippen LogP contribution is 2.17. The van der Waals surface area contributed by atoms with E-state index in [0.717, 1.165) is 10.0 Å². The number of nitrogens with zero attached hydrogens (tertiary/aromatic N) is 1. The number of hydrogen-bond donors (Lipinski definition) is 1. The Morgan fingerprint density at radius 1 is 1.29 bits per heavy atom. The Morgan fingerprint density at radius 3 is 2.71 bits per heavy atom. The van der Waals surface area contributed by atoms with E-state index in [1.807, 2.05) is 24.3 Å². The molecule has 7 heteroatoms. The standard InChI is InChI=1S/C17H14BrClN2O3/c1-11(17(23)21-15-8-7-13(19)10-20-15)24-16(22)9-6-12-4-2-3-5-14(12)18/h2-11H,1H3,(H,20,21,23)/b9-6+/t11-/m0/s1. The van der Waals surface area contributed by atoms with Crippen molar-refractivity contribution < 1.29 is 14.3 Å². The molecule has 0 saturated heterocycles. The van der Waals surface area contributed by atoms with E-state index in [0.29, 0.717) is 10.8 Å². The van der Waals surface area contributed by atoms with Crippen molar-refractivity contribution in [2.75, 3.05) is 5.32 Å². The first kappa shape index (κ1) is 18.2. The Bertz CT molecular complexity index is 763. The number of nitrogens with one attached hydrogen (secondary N) is 1. The van der Waals surface area contributed by atoms with Gasteiger partial charge in [-0.25, -0.2) is 9.78 Å². The van der Waals surface area contributed by atoms with Crippen molar-refractivity contribution in [3.05, 3.63) is 63.7 Å². The maximum absolute atomic E-state index is 12.0. The second-order valence-electron chi connectivity index (χ2n) is 4.78. The second kappa shape index (κ2) is 8.61. The van der Waals surface area contributed by atoms with Crippen molar-refractivity contribution >= 4 is 51.3 Å². The smallest absolute Gasteiger partial charge is 0.331 e. The molecule has 0 saturated carbocycles. The van der Waals surface area contributed by atoms with Gasteiger partial charge < -0.3 is 10.1 Å². The molecule has 1 atom stereocenters.